The fourth-order valence-electron chi connectivity index (χ4n) is 2.19. The number of halogens is 2. The highest BCUT2D eigenvalue weighted by Gasteiger charge is 2.18. The minimum absolute atomic E-state index is 0.0606. The standard InChI is InChI=1S/C13H18Cl2N2O/c14-10-4-9(5-11(15)6-10)13(7-16)17-8-12-2-1-3-18-12/h4-6,12-13,17H,1-3,7-8,16H2. The molecule has 1 aliphatic heterocycles. The Kier molecular flexibility index (Phi) is 5.27. The van der Waals surface area contributed by atoms with Gasteiger partial charge < -0.3 is 15.8 Å². The summed E-state index contributed by atoms with van der Waals surface area (Å²) in [7, 11) is 0. The third-order valence-electron chi connectivity index (χ3n) is 3.14. The van der Waals surface area contributed by atoms with Crippen LogP contribution in [0.3, 0.4) is 0 Å². The van der Waals surface area contributed by atoms with Crippen molar-refractivity contribution in [1.82, 2.24) is 5.32 Å². The quantitative estimate of drug-likeness (QED) is 0.876. The lowest BCUT2D eigenvalue weighted by Crippen LogP contribution is -2.34. The number of benzene rings is 1. The summed E-state index contributed by atoms with van der Waals surface area (Å²) in [6, 6.07) is 5.58. The summed E-state index contributed by atoms with van der Waals surface area (Å²) < 4.78 is 5.58. The largest absolute Gasteiger partial charge is 0.377 e. The summed E-state index contributed by atoms with van der Waals surface area (Å²) in [5, 5.41) is 4.68. The zero-order valence-electron chi connectivity index (χ0n) is 10.2. The van der Waals surface area contributed by atoms with Gasteiger partial charge in [-0.2, -0.15) is 0 Å². The lowest BCUT2D eigenvalue weighted by Gasteiger charge is -2.20. The number of nitrogens with two attached hydrogens (primary N) is 1. The van der Waals surface area contributed by atoms with Crippen LogP contribution in [0.15, 0.2) is 18.2 Å². The van der Waals surface area contributed by atoms with Crippen LogP contribution in [0.5, 0.6) is 0 Å². The molecule has 0 aliphatic carbocycles. The summed E-state index contributed by atoms with van der Waals surface area (Å²) in [6.45, 7) is 2.18. The van der Waals surface area contributed by atoms with Gasteiger partial charge in [0.2, 0.25) is 0 Å². The van der Waals surface area contributed by atoms with Crippen LogP contribution in [0.4, 0.5) is 0 Å². The van der Waals surface area contributed by atoms with Crippen molar-refractivity contribution < 1.29 is 4.74 Å². The molecule has 0 bridgehead atoms. The maximum Gasteiger partial charge on any atom is 0.0700 e. The summed E-state index contributed by atoms with van der Waals surface area (Å²) in [4.78, 5) is 0. The number of hydrogen-bond acceptors (Lipinski definition) is 3. The molecule has 2 atom stereocenters. The SMILES string of the molecule is NCC(NCC1CCCO1)c1cc(Cl)cc(Cl)c1. The minimum atomic E-state index is 0.0606. The zero-order valence-corrected chi connectivity index (χ0v) is 11.7. The molecule has 0 radical (unpaired) electrons. The van der Waals surface area contributed by atoms with Gasteiger partial charge in [-0.25, -0.2) is 0 Å². The molecule has 3 N–H and O–H groups in total. The number of rotatable bonds is 5. The first kappa shape index (κ1) is 14.1. The van der Waals surface area contributed by atoms with Crippen LogP contribution in [0.25, 0.3) is 0 Å². The van der Waals surface area contributed by atoms with Crippen molar-refractivity contribution in [2.75, 3.05) is 19.7 Å². The van der Waals surface area contributed by atoms with Crippen LogP contribution in [-0.4, -0.2) is 25.8 Å². The molecule has 100 valence electrons. The number of ether oxygens (including phenoxy) is 1. The molecule has 0 amide bonds. The summed E-state index contributed by atoms with van der Waals surface area (Å²) in [5.74, 6) is 0. The molecule has 2 rings (SSSR count). The van der Waals surface area contributed by atoms with Crippen LogP contribution >= 0.6 is 23.2 Å². The van der Waals surface area contributed by atoms with Crippen LogP contribution in [0.1, 0.15) is 24.4 Å². The minimum Gasteiger partial charge on any atom is -0.377 e. The average Bonchev–Trinajstić information content (AvgIpc) is 2.81. The zero-order chi connectivity index (χ0) is 13.0. The second kappa shape index (κ2) is 6.73. The molecule has 2 unspecified atom stereocenters. The first-order chi connectivity index (χ1) is 8.69. The molecule has 1 aromatic carbocycles. The second-order valence-electron chi connectivity index (χ2n) is 4.53. The highest BCUT2D eigenvalue weighted by molar-refractivity contribution is 6.34. The maximum absolute atomic E-state index is 6.00. The van der Waals surface area contributed by atoms with Crippen molar-refractivity contribution in [2.45, 2.75) is 25.0 Å². The molecular weight excluding hydrogens is 271 g/mol. The van der Waals surface area contributed by atoms with Crippen molar-refractivity contribution in [3.8, 4) is 0 Å². The van der Waals surface area contributed by atoms with Gasteiger partial charge in [0, 0.05) is 35.8 Å². The normalized spacial score (nSPS) is 21.2. The monoisotopic (exact) mass is 288 g/mol. The van der Waals surface area contributed by atoms with Crippen LogP contribution in [0, 0.1) is 0 Å². The van der Waals surface area contributed by atoms with Gasteiger partial charge in [-0.3, -0.25) is 0 Å². The highest BCUT2D eigenvalue weighted by Crippen LogP contribution is 2.23. The van der Waals surface area contributed by atoms with E-state index in [1.807, 2.05) is 12.1 Å². The fourth-order valence-corrected chi connectivity index (χ4v) is 2.74. The molecular formula is C13H18Cl2N2O. The first-order valence-corrected chi connectivity index (χ1v) is 6.95. The number of nitrogens with one attached hydrogen (secondary N) is 1. The van der Waals surface area contributed by atoms with E-state index in [2.05, 4.69) is 5.32 Å². The summed E-state index contributed by atoms with van der Waals surface area (Å²) in [5.41, 5.74) is 6.82. The van der Waals surface area contributed by atoms with Gasteiger partial charge in [0.25, 0.3) is 0 Å². The van der Waals surface area contributed by atoms with Crippen molar-refractivity contribution in [2.24, 2.45) is 5.73 Å². The molecule has 0 saturated carbocycles. The van der Waals surface area contributed by atoms with Crippen molar-refractivity contribution >= 4 is 23.2 Å². The molecule has 1 heterocycles. The Morgan fingerprint density at radius 1 is 1.33 bits per heavy atom. The van der Waals surface area contributed by atoms with Crippen LogP contribution in [0.2, 0.25) is 10.0 Å². The molecule has 3 nitrogen and oxygen atoms in total. The Labute approximate surface area is 118 Å². The van der Waals surface area contributed by atoms with E-state index in [4.69, 9.17) is 33.7 Å². The lowest BCUT2D eigenvalue weighted by molar-refractivity contribution is 0.107. The van der Waals surface area contributed by atoms with E-state index in [1.54, 1.807) is 6.07 Å². The first-order valence-electron chi connectivity index (χ1n) is 6.20. The molecule has 1 fully saturated rings. The molecule has 18 heavy (non-hydrogen) atoms. The second-order valence-corrected chi connectivity index (χ2v) is 5.41. The van der Waals surface area contributed by atoms with E-state index in [1.165, 1.54) is 0 Å². The Balaban J connectivity index is 1.98. The van der Waals surface area contributed by atoms with Crippen molar-refractivity contribution in [3.05, 3.63) is 33.8 Å². The molecule has 1 aliphatic rings. The Hall–Kier alpha value is -0.320. The maximum atomic E-state index is 6.00. The average molecular weight is 289 g/mol. The van der Waals surface area contributed by atoms with Gasteiger partial charge in [0.05, 0.1) is 6.10 Å². The molecule has 1 aromatic rings. The predicted molar refractivity (Wildman–Crippen MR) is 75.2 cm³/mol. The third-order valence-corrected chi connectivity index (χ3v) is 3.58. The molecule has 0 aromatic heterocycles. The lowest BCUT2D eigenvalue weighted by atomic mass is 10.1. The predicted octanol–water partition coefficient (Wildman–Crippen LogP) is 2.76. The van der Waals surface area contributed by atoms with E-state index in [9.17, 15) is 0 Å². The summed E-state index contributed by atoms with van der Waals surface area (Å²) >= 11 is 12.0. The summed E-state index contributed by atoms with van der Waals surface area (Å²) in [6.07, 6.45) is 2.55. The van der Waals surface area contributed by atoms with Crippen molar-refractivity contribution in [1.29, 1.82) is 0 Å². The van der Waals surface area contributed by atoms with E-state index in [-0.39, 0.29) is 6.04 Å². The van der Waals surface area contributed by atoms with Gasteiger partial charge >= 0.3 is 0 Å². The highest BCUT2D eigenvalue weighted by atomic mass is 35.5. The number of hydrogen-bond donors (Lipinski definition) is 2. The Morgan fingerprint density at radius 2 is 2.06 bits per heavy atom. The molecule has 1 saturated heterocycles. The van der Waals surface area contributed by atoms with Gasteiger partial charge in [-0.05, 0) is 36.6 Å². The Morgan fingerprint density at radius 3 is 2.61 bits per heavy atom. The molecule has 0 spiro atoms. The van der Waals surface area contributed by atoms with E-state index in [0.29, 0.717) is 22.7 Å². The smallest absolute Gasteiger partial charge is 0.0700 e. The van der Waals surface area contributed by atoms with E-state index in [0.717, 1.165) is 31.6 Å². The van der Waals surface area contributed by atoms with Crippen molar-refractivity contribution in [3.63, 3.8) is 0 Å². The molecule has 5 heteroatoms. The third kappa shape index (κ3) is 3.84. The van der Waals surface area contributed by atoms with Crippen LogP contribution < -0.4 is 11.1 Å². The van der Waals surface area contributed by atoms with Gasteiger partial charge in [-0.1, -0.05) is 23.2 Å². The van der Waals surface area contributed by atoms with Crippen LogP contribution in [-0.2, 0) is 4.74 Å². The van der Waals surface area contributed by atoms with E-state index >= 15 is 0 Å². The van der Waals surface area contributed by atoms with Gasteiger partial charge in [0.15, 0.2) is 0 Å². The van der Waals surface area contributed by atoms with Gasteiger partial charge in [0.1, 0.15) is 0 Å². The topological polar surface area (TPSA) is 47.3 Å². The fraction of sp³-hybridized carbons (Fsp3) is 0.538. The van der Waals surface area contributed by atoms with Gasteiger partial charge in [-0.15, -0.1) is 0 Å². The Bertz CT molecular complexity index is 374. The van der Waals surface area contributed by atoms with E-state index < -0.39 is 0 Å².